The fourth-order valence-electron chi connectivity index (χ4n) is 2.10. The van der Waals surface area contributed by atoms with Gasteiger partial charge in [-0.2, -0.15) is 0 Å². The zero-order valence-corrected chi connectivity index (χ0v) is 10.5. The van der Waals surface area contributed by atoms with E-state index < -0.39 is 0 Å². The minimum Gasteiger partial charge on any atom is -0.494 e. The summed E-state index contributed by atoms with van der Waals surface area (Å²) in [5.41, 5.74) is 3.32. The maximum absolute atomic E-state index is 14.1. The molecule has 0 bridgehead atoms. The Hall–Kier alpha value is -1.77. The molecule has 0 unspecified atom stereocenters. The summed E-state index contributed by atoms with van der Waals surface area (Å²) in [7, 11) is 1.56. The molecule has 0 spiro atoms. The van der Waals surface area contributed by atoms with Crippen molar-refractivity contribution in [3.63, 3.8) is 0 Å². The minimum absolute atomic E-state index is 0.260. The van der Waals surface area contributed by atoms with Crippen molar-refractivity contribution < 1.29 is 9.13 Å². The quantitative estimate of drug-likeness (QED) is 0.773. The lowest BCUT2D eigenvalue weighted by Crippen LogP contribution is -2.05. The van der Waals surface area contributed by atoms with Crippen LogP contribution in [0.5, 0.6) is 5.75 Å². The number of hydrogen-bond acceptors (Lipinski definition) is 1. The molecule has 2 nitrogen and oxygen atoms in total. The Morgan fingerprint density at radius 1 is 1.06 bits per heavy atom. The van der Waals surface area contributed by atoms with Crippen LogP contribution in [0.2, 0.25) is 0 Å². The molecule has 0 aliphatic carbocycles. The number of hydrogen-bond donors (Lipinski definition) is 0. The van der Waals surface area contributed by atoms with Crippen LogP contribution in [0, 0.1) is 26.6 Å². The van der Waals surface area contributed by atoms with Gasteiger partial charge in [-0.05, 0) is 50.6 Å². The fraction of sp³-hybridized carbons (Fsp3) is 0.286. The second kappa shape index (κ2) is 4.24. The highest BCUT2D eigenvalue weighted by molar-refractivity contribution is 5.52. The largest absolute Gasteiger partial charge is 0.494 e. The van der Waals surface area contributed by atoms with Crippen LogP contribution < -0.4 is 4.74 Å². The standard InChI is InChI=1S/C14H16FNO/c1-9-7-12(15)14(13(8-9)17-4)16-10(2)5-6-11(16)3/h5-8H,1-4H3. The van der Waals surface area contributed by atoms with Gasteiger partial charge in [0.05, 0.1) is 7.11 Å². The lowest BCUT2D eigenvalue weighted by atomic mass is 10.2. The highest BCUT2D eigenvalue weighted by Crippen LogP contribution is 2.30. The third kappa shape index (κ3) is 1.93. The van der Waals surface area contributed by atoms with Crippen LogP contribution in [0.25, 0.3) is 5.69 Å². The zero-order chi connectivity index (χ0) is 12.6. The highest BCUT2D eigenvalue weighted by atomic mass is 19.1. The van der Waals surface area contributed by atoms with Gasteiger partial charge in [0.1, 0.15) is 11.4 Å². The SMILES string of the molecule is COc1cc(C)cc(F)c1-n1c(C)ccc1C. The molecular weight excluding hydrogens is 217 g/mol. The lowest BCUT2D eigenvalue weighted by Gasteiger charge is -2.15. The van der Waals surface area contributed by atoms with Crippen LogP contribution in [0.3, 0.4) is 0 Å². The number of aryl methyl sites for hydroxylation is 3. The van der Waals surface area contributed by atoms with Crippen molar-refractivity contribution in [1.82, 2.24) is 4.57 Å². The van der Waals surface area contributed by atoms with Crippen molar-refractivity contribution in [2.45, 2.75) is 20.8 Å². The van der Waals surface area contributed by atoms with Crippen molar-refractivity contribution in [2.24, 2.45) is 0 Å². The molecule has 90 valence electrons. The van der Waals surface area contributed by atoms with Crippen LogP contribution >= 0.6 is 0 Å². The van der Waals surface area contributed by atoms with Crippen molar-refractivity contribution in [2.75, 3.05) is 7.11 Å². The zero-order valence-electron chi connectivity index (χ0n) is 10.5. The van der Waals surface area contributed by atoms with Gasteiger partial charge in [-0.25, -0.2) is 4.39 Å². The minimum atomic E-state index is -0.260. The summed E-state index contributed by atoms with van der Waals surface area (Å²) in [5.74, 6) is 0.300. The topological polar surface area (TPSA) is 14.2 Å². The number of rotatable bonds is 2. The van der Waals surface area contributed by atoms with Gasteiger partial charge in [-0.3, -0.25) is 0 Å². The molecule has 2 aromatic rings. The summed E-state index contributed by atoms with van der Waals surface area (Å²) in [5, 5.41) is 0. The molecule has 3 heteroatoms. The maximum Gasteiger partial charge on any atom is 0.151 e. The van der Waals surface area contributed by atoms with E-state index in [1.54, 1.807) is 7.11 Å². The second-order valence-corrected chi connectivity index (χ2v) is 4.25. The number of halogens is 1. The molecule has 2 rings (SSSR count). The Labute approximate surface area is 101 Å². The van der Waals surface area contributed by atoms with Crippen LogP contribution in [-0.2, 0) is 0 Å². The molecule has 0 aliphatic rings. The van der Waals surface area contributed by atoms with Crippen LogP contribution in [-0.4, -0.2) is 11.7 Å². The van der Waals surface area contributed by atoms with Crippen molar-refractivity contribution in [3.8, 4) is 11.4 Å². The summed E-state index contributed by atoms with van der Waals surface area (Å²) in [6.45, 7) is 5.75. The number of methoxy groups -OCH3 is 1. The number of ether oxygens (including phenoxy) is 1. The molecule has 0 atom stereocenters. The molecule has 0 amide bonds. The first-order valence-electron chi connectivity index (χ1n) is 5.54. The first-order valence-corrected chi connectivity index (χ1v) is 5.54. The van der Waals surface area contributed by atoms with Crippen molar-refractivity contribution in [3.05, 3.63) is 47.0 Å². The predicted molar refractivity (Wildman–Crippen MR) is 66.5 cm³/mol. The van der Waals surface area contributed by atoms with E-state index in [1.165, 1.54) is 6.07 Å². The smallest absolute Gasteiger partial charge is 0.151 e. The van der Waals surface area contributed by atoms with E-state index in [9.17, 15) is 4.39 Å². The molecule has 0 saturated carbocycles. The van der Waals surface area contributed by atoms with Crippen LogP contribution in [0.1, 0.15) is 17.0 Å². The predicted octanol–water partition coefficient (Wildman–Crippen LogP) is 3.55. The summed E-state index contributed by atoms with van der Waals surface area (Å²) in [6.07, 6.45) is 0. The normalized spacial score (nSPS) is 10.6. The van der Waals surface area contributed by atoms with Gasteiger partial charge in [0.2, 0.25) is 0 Å². The van der Waals surface area contributed by atoms with Gasteiger partial charge in [0.15, 0.2) is 5.82 Å². The molecule has 0 aliphatic heterocycles. The Kier molecular flexibility index (Phi) is 2.92. The first kappa shape index (κ1) is 11.7. The average Bonchev–Trinajstić information content (AvgIpc) is 2.59. The number of benzene rings is 1. The Morgan fingerprint density at radius 2 is 1.65 bits per heavy atom. The molecule has 0 saturated heterocycles. The first-order chi connectivity index (χ1) is 8.04. The van der Waals surface area contributed by atoms with Gasteiger partial charge in [0, 0.05) is 11.4 Å². The highest BCUT2D eigenvalue weighted by Gasteiger charge is 2.15. The van der Waals surface area contributed by atoms with Gasteiger partial charge >= 0.3 is 0 Å². The average molecular weight is 233 g/mol. The summed E-state index contributed by atoms with van der Waals surface area (Å²) in [6, 6.07) is 7.30. The molecular formula is C14H16FNO. The molecule has 0 fully saturated rings. The van der Waals surface area contributed by atoms with Crippen molar-refractivity contribution in [1.29, 1.82) is 0 Å². The molecule has 0 N–H and O–H groups in total. The summed E-state index contributed by atoms with van der Waals surface area (Å²) in [4.78, 5) is 0. The maximum atomic E-state index is 14.1. The number of nitrogens with zero attached hydrogens (tertiary/aromatic N) is 1. The second-order valence-electron chi connectivity index (χ2n) is 4.25. The van der Waals surface area contributed by atoms with Gasteiger partial charge < -0.3 is 9.30 Å². The van der Waals surface area contributed by atoms with E-state index in [0.717, 1.165) is 17.0 Å². The van der Waals surface area contributed by atoms with Crippen molar-refractivity contribution >= 4 is 0 Å². The van der Waals surface area contributed by atoms with Crippen LogP contribution in [0.4, 0.5) is 4.39 Å². The summed E-state index contributed by atoms with van der Waals surface area (Å²) < 4.78 is 21.3. The Balaban J connectivity index is 2.75. The van der Waals surface area contributed by atoms with Gasteiger partial charge in [0.25, 0.3) is 0 Å². The third-order valence-electron chi connectivity index (χ3n) is 2.89. The Bertz CT molecular complexity index is 538. The molecule has 1 heterocycles. The van der Waals surface area contributed by atoms with E-state index >= 15 is 0 Å². The van der Waals surface area contributed by atoms with E-state index in [4.69, 9.17) is 4.74 Å². The van der Waals surface area contributed by atoms with Gasteiger partial charge in [-0.1, -0.05) is 0 Å². The van der Waals surface area contributed by atoms with E-state index in [2.05, 4.69) is 0 Å². The molecule has 17 heavy (non-hydrogen) atoms. The Morgan fingerprint density at radius 3 is 2.18 bits per heavy atom. The summed E-state index contributed by atoms with van der Waals surface area (Å²) >= 11 is 0. The molecule has 0 radical (unpaired) electrons. The third-order valence-corrected chi connectivity index (χ3v) is 2.89. The number of aromatic nitrogens is 1. The lowest BCUT2D eigenvalue weighted by molar-refractivity contribution is 0.408. The molecule has 1 aromatic carbocycles. The van der Waals surface area contributed by atoms with E-state index in [0.29, 0.717) is 11.4 Å². The van der Waals surface area contributed by atoms with E-state index in [1.807, 2.05) is 43.5 Å². The molecule has 1 aromatic heterocycles. The fourth-order valence-corrected chi connectivity index (χ4v) is 2.10. The monoisotopic (exact) mass is 233 g/mol. The van der Waals surface area contributed by atoms with Crippen LogP contribution in [0.15, 0.2) is 24.3 Å². The van der Waals surface area contributed by atoms with Gasteiger partial charge in [-0.15, -0.1) is 0 Å². The van der Waals surface area contributed by atoms with E-state index in [-0.39, 0.29) is 5.82 Å².